The highest BCUT2D eigenvalue weighted by Crippen LogP contribution is 2.15. The summed E-state index contributed by atoms with van der Waals surface area (Å²) in [5, 5.41) is 12.2. The van der Waals surface area contributed by atoms with Gasteiger partial charge in [-0.25, -0.2) is 4.39 Å². The lowest BCUT2D eigenvalue weighted by atomic mass is 10.1. The van der Waals surface area contributed by atoms with E-state index in [0.717, 1.165) is 0 Å². The molecule has 0 bridgehead atoms. The minimum absolute atomic E-state index is 0.0232. The molecule has 2 nitrogen and oxygen atoms in total. The predicted octanol–water partition coefficient (Wildman–Crippen LogP) is 2.25. The fourth-order valence-electron chi connectivity index (χ4n) is 1.44. The van der Waals surface area contributed by atoms with Crippen molar-refractivity contribution in [2.75, 3.05) is 6.54 Å². The van der Waals surface area contributed by atoms with Crippen LogP contribution in [0.3, 0.4) is 0 Å². The Kier molecular flexibility index (Phi) is 4.72. The molecule has 1 aromatic carbocycles. The van der Waals surface area contributed by atoms with Crippen molar-refractivity contribution < 1.29 is 9.50 Å². The lowest BCUT2D eigenvalue weighted by Crippen LogP contribution is -2.23. The molecule has 0 radical (unpaired) electrons. The summed E-state index contributed by atoms with van der Waals surface area (Å²) in [4.78, 5) is 0. The molecule has 0 aliphatic heterocycles. The minimum atomic E-state index is -0.315. The Labute approximate surface area is 90.1 Å². The van der Waals surface area contributed by atoms with Gasteiger partial charge in [-0.15, -0.1) is 0 Å². The molecule has 0 heterocycles. The molecule has 0 saturated carbocycles. The number of aliphatic hydroxyl groups is 1. The molecule has 0 saturated heterocycles. The maximum Gasteiger partial charge on any atom is 0.127 e. The van der Waals surface area contributed by atoms with Gasteiger partial charge in [-0.05, 0) is 32.9 Å². The third kappa shape index (κ3) is 3.98. The molecule has 15 heavy (non-hydrogen) atoms. The molecule has 0 aliphatic carbocycles. The Hall–Kier alpha value is -0.930. The third-order valence-corrected chi connectivity index (χ3v) is 2.38. The summed E-state index contributed by atoms with van der Waals surface area (Å²) in [5.74, 6) is -0.186. The number of hydrogen-bond donors (Lipinski definition) is 2. The van der Waals surface area contributed by atoms with Crippen molar-refractivity contribution in [3.05, 3.63) is 35.6 Å². The number of benzene rings is 1. The van der Waals surface area contributed by atoms with Crippen LogP contribution in [-0.4, -0.2) is 17.8 Å². The van der Waals surface area contributed by atoms with Gasteiger partial charge < -0.3 is 10.4 Å². The first-order valence-corrected chi connectivity index (χ1v) is 5.27. The SMILES string of the molecule is C[C@@H](O)CCN[C@H](C)c1ccccc1F. The van der Waals surface area contributed by atoms with Gasteiger partial charge >= 0.3 is 0 Å². The van der Waals surface area contributed by atoms with E-state index in [0.29, 0.717) is 18.5 Å². The van der Waals surface area contributed by atoms with Crippen molar-refractivity contribution in [3.63, 3.8) is 0 Å². The Balaban J connectivity index is 2.47. The van der Waals surface area contributed by atoms with Crippen molar-refractivity contribution in [2.24, 2.45) is 0 Å². The van der Waals surface area contributed by atoms with Crippen LogP contribution in [0.5, 0.6) is 0 Å². The number of halogens is 1. The van der Waals surface area contributed by atoms with E-state index in [2.05, 4.69) is 5.32 Å². The molecule has 1 aromatic rings. The molecule has 0 aromatic heterocycles. The van der Waals surface area contributed by atoms with Crippen LogP contribution >= 0.6 is 0 Å². The van der Waals surface area contributed by atoms with Crippen LogP contribution in [0.2, 0.25) is 0 Å². The molecule has 0 amide bonds. The summed E-state index contributed by atoms with van der Waals surface area (Å²) < 4.78 is 13.3. The molecular formula is C12H18FNO. The highest BCUT2D eigenvalue weighted by molar-refractivity contribution is 5.20. The maximum absolute atomic E-state index is 13.3. The second-order valence-electron chi connectivity index (χ2n) is 3.84. The van der Waals surface area contributed by atoms with Crippen LogP contribution in [-0.2, 0) is 0 Å². The van der Waals surface area contributed by atoms with Gasteiger partial charge in [0.15, 0.2) is 0 Å². The molecule has 0 aliphatic rings. The molecule has 0 unspecified atom stereocenters. The molecule has 2 atom stereocenters. The molecule has 84 valence electrons. The fourth-order valence-corrected chi connectivity index (χ4v) is 1.44. The van der Waals surface area contributed by atoms with E-state index in [-0.39, 0.29) is 18.0 Å². The third-order valence-electron chi connectivity index (χ3n) is 2.38. The van der Waals surface area contributed by atoms with Gasteiger partial charge in [-0.3, -0.25) is 0 Å². The molecular weight excluding hydrogens is 193 g/mol. The molecule has 3 heteroatoms. The van der Waals surface area contributed by atoms with Gasteiger partial charge in [0.05, 0.1) is 6.10 Å². The Morgan fingerprint density at radius 2 is 2.00 bits per heavy atom. The summed E-state index contributed by atoms with van der Waals surface area (Å²) in [7, 11) is 0. The van der Waals surface area contributed by atoms with Gasteiger partial charge in [0.2, 0.25) is 0 Å². The maximum atomic E-state index is 13.3. The van der Waals surface area contributed by atoms with Crippen LogP contribution in [0.15, 0.2) is 24.3 Å². The smallest absolute Gasteiger partial charge is 0.127 e. The Bertz CT molecular complexity index is 301. The summed E-state index contributed by atoms with van der Waals surface area (Å²) in [6, 6.07) is 6.72. The van der Waals surface area contributed by atoms with Gasteiger partial charge in [0, 0.05) is 11.6 Å². The van der Waals surface area contributed by atoms with Crippen LogP contribution in [0, 0.1) is 5.82 Å². The number of hydrogen-bond acceptors (Lipinski definition) is 2. The van der Waals surface area contributed by atoms with E-state index >= 15 is 0 Å². The quantitative estimate of drug-likeness (QED) is 0.783. The van der Waals surface area contributed by atoms with E-state index in [1.54, 1.807) is 19.1 Å². The zero-order valence-electron chi connectivity index (χ0n) is 9.20. The lowest BCUT2D eigenvalue weighted by Gasteiger charge is -2.15. The molecule has 2 N–H and O–H groups in total. The van der Waals surface area contributed by atoms with Gasteiger partial charge in [0.25, 0.3) is 0 Å². The minimum Gasteiger partial charge on any atom is -0.393 e. The van der Waals surface area contributed by atoms with Gasteiger partial charge in [0.1, 0.15) is 5.82 Å². The number of nitrogens with one attached hydrogen (secondary N) is 1. The lowest BCUT2D eigenvalue weighted by molar-refractivity contribution is 0.182. The zero-order valence-corrected chi connectivity index (χ0v) is 9.20. The Morgan fingerprint density at radius 1 is 1.33 bits per heavy atom. The monoisotopic (exact) mass is 211 g/mol. The highest BCUT2D eigenvalue weighted by Gasteiger charge is 2.09. The zero-order chi connectivity index (χ0) is 11.3. The standard InChI is InChI=1S/C12H18FNO/c1-9(15)7-8-14-10(2)11-5-3-4-6-12(11)13/h3-6,9-10,14-15H,7-8H2,1-2H3/t9-,10-/m1/s1. The van der Waals surface area contributed by atoms with Crippen molar-refractivity contribution in [1.29, 1.82) is 0 Å². The van der Waals surface area contributed by atoms with Gasteiger partial charge in [-0.1, -0.05) is 18.2 Å². The second kappa shape index (κ2) is 5.83. The summed E-state index contributed by atoms with van der Waals surface area (Å²) in [5.41, 5.74) is 0.670. The van der Waals surface area contributed by atoms with Crippen molar-refractivity contribution in [3.8, 4) is 0 Å². The summed E-state index contributed by atoms with van der Waals surface area (Å²) in [6.45, 7) is 4.35. The van der Waals surface area contributed by atoms with E-state index in [1.807, 2.05) is 13.0 Å². The van der Waals surface area contributed by atoms with E-state index in [9.17, 15) is 4.39 Å². The van der Waals surface area contributed by atoms with Crippen molar-refractivity contribution >= 4 is 0 Å². The molecule has 0 spiro atoms. The van der Waals surface area contributed by atoms with Crippen LogP contribution < -0.4 is 5.32 Å². The van der Waals surface area contributed by atoms with Crippen LogP contribution in [0.4, 0.5) is 4.39 Å². The van der Waals surface area contributed by atoms with Crippen LogP contribution in [0.1, 0.15) is 31.9 Å². The van der Waals surface area contributed by atoms with E-state index < -0.39 is 0 Å². The first-order chi connectivity index (χ1) is 7.11. The first kappa shape index (κ1) is 12.1. The average molecular weight is 211 g/mol. The molecule has 1 rings (SSSR count). The Morgan fingerprint density at radius 3 is 2.60 bits per heavy atom. The number of aliphatic hydroxyl groups excluding tert-OH is 1. The first-order valence-electron chi connectivity index (χ1n) is 5.27. The van der Waals surface area contributed by atoms with Crippen molar-refractivity contribution in [2.45, 2.75) is 32.4 Å². The predicted molar refractivity (Wildman–Crippen MR) is 59.1 cm³/mol. The van der Waals surface area contributed by atoms with E-state index in [4.69, 9.17) is 5.11 Å². The topological polar surface area (TPSA) is 32.3 Å². The summed E-state index contributed by atoms with van der Waals surface area (Å²) in [6.07, 6.45) is 0.365. The fraction of sp³-hybridized carbons (Fsp3) is 0.500. The van der Waals surface area contributed by atoms with Gasteiger partial charge in [-0.2, -0.15) is 0 Å². The second-order valence-corrected chi connectivity index (χ2v) is 3.84. The van der Waals surface area contributed by atoms with Crippen LogP contribution in [0.25, 0.3) is 0 Å². The largest absolute Gasteiger partial charge is 0.393 e. The average Bonchev–Trinajstić information content (AvgIpc) is 2.17. The number of rotatable bonds is 5. The normalized spacial score (nSPS) is 14.9. The molecule has 0 fully saturated rings. The van der Waals surface area contributed by atoms with E-state index in [1.165, 1.54) is 6.07 Å². The highest BCUT2D eigenvalue weighted by atomic mass is 19.1. The summed E-state index contributed by atoms with van der Waals surface area (Å²) >= 11 is 0. The van der Waals surface area contributed by atoms with Crippen molar-refractivity contribution in [1.82, 2.24) is 5.32 Å².